The Bertz CT molecular complexity index is 917. The van der Waals surface area contributed by atoms with Gasteiger partial charge in [-0.2, -0.15) is 0 Å². The van der Waals surface area contributed by atoms with Gasteiger partial charge in [0, 0.05) is 49.4 Å². The van der Waals surface area contributed by atoms with Crippen LogP contribution in [0.2, 0.25) is 0 Å². The average molecular weight is 440 g/mol. The normalized spacial score (nSPS) is 20.4. The summed E-state index contributed by atoms with van der Waals surface area (Å²) in [5.41, 5.74) is 2.21. The Balaban J connectivity index is 1.31. The summed E-state index contributed by atoms with van der Waals surface area (Å²) in [5.74, 6) is 0.584. The fraction of sp³-hybridized carbons (Fsp3) is 0.600. The highest BCUT2D eigenvalue weighted by Crippen LogP contribution is 2.38. The number of amides is 2. The van der Waals surface area contributed by atoms with Gasteiger partial charge in [0.2, 0.25) is 5.91 Å². The number of aryl methyl sites for hydroxylation is 1. The van der Waals surface area contributed by atoms with Crippen LogP contribution in [-0.4, -0.2) is 52.4 Å². The van der Waals surface area contributed by atoms with Crippen molar-refractivity contribution in [2.45, 2.75) is 64.2 Å². The molecule has 1 aliphatic carbocycles. The number of nitrogens with zero attached hydrogens (tertiary/aromatic N) is 3. The number of carbonyl (C=O) groups excluding carboxylic acids is 2. The Morgan fingerprint density at radius 2 is 1.48 bits per heavy atom. The first-order valence-corrected chi connectivity index (χ1v) is 12.9. The number of hydrogen-bond donors (Lipinski definition) is 0. The zero-order valence-corrected chi connectivity index (χ0v) is 19.2. The van der Waals surface area contributed by atoms with Crippen molar-refractivity contribution in [3.8, 4) is 5.00 Å². The molecular formula is C25H33N3O2S. The number of carbonyl (C=O) groups is 2. The van der Waals surface area contributed by atoms with Gasteiger partial charge < -0.3 is 14.4 Å². The second kappa shape index (κ2) is 9.19. The van der Waals surface area contributed by atoms with Crippen LogP contribution in [0.4, 0.5) is 0 Å². The number of fused-ring (bicyclic) bond motifs is 1. The Morgan fingerprint density at radius 3 is 2.19 bits per heavy atom. The molecule has 0 atom stereocenters. The summed E-state index contributed by atoms with van der Waals surface area (Å²) >= 11 is 1.79. The first kappa shape index (κ1) is 20.8. The Labute approximate surface area is 189 Å². The Kier molecular flexibility index (Phi) is 6.17. The molecule has 0 unspecified atom stereocenters. The summed E-state index contributed by atoms with van der Waals surface area (Å²) in [6, 6.07) is 4.04. The highest BCUT2D eigenvalue weighted by molar-refractivity contribution is 7.15. The molecule has 2 aliphatic heterocycles. The third-order valence-corrected chi connectivity index (χ3v) is 8.56. The molecule has 2 saturated heterocycles. The Morgan fingerprint density at radius 1 is 0.806 bits per heavy atom. The molecule has 2 fully saturated rings. The minimum atomic E-state index is 0.0856. The number of hydrogen-bond acceptors (Lipinski definition) is 3. The van der Waals surface area contributed by atoms with Crippen LogP contribution in [-0.2, 0) is 17.6 Å². The maximum atomic E-state index is 13.7. The first-order chi connectivity index (χ1) is 15.2. The van der Waals surface area contributed by atoms with E-state index in [2.05, 4.69) is 9.47 Å². The van der Waals surface area contributed by atoms with E-state index in [0.717, 1.165) is 62.2 Å². The third kappa shape index (κ3) is 4.19. The lowest BCUT2D eigenvalue weighted by atomic mass is 9.92. The quantitative estimate of drug-likeness (QED) is 0.698. The van der Waals surface area contributed by atoms with Gasteiger partial charge in [-0.1, -0.05) is 12.8 Å². The number of aromatic nitrogens is 1. The highest BCUT2D eigenvalue weighted by Gasteiger charge is 2.34. The lowest BCUT2D eigenvalue weighted by molar-refractivity contribution is -0.136. The van der Waals surface area contributed by atoms with Crippen molar-refractivity contribution in [2.75, 3.05) is 26.2 Å². The van der Waals surface area contributed by atoms with Crippen LogP contribution < -0.4 is 0 Å². The van der Waals surface area contributed by atoms with Crippen LogP contribution in [0.5, 0.6) is 0 Å². The van der Waals surface area contributed by atoms with Crippen LogP contribution >= 0.6 is 11.3 Å². The van der Waals surface area contributed by atoms with E-state index in [0.29, 0.717) is 19.0 Å². The highest BCUT2D eigenvalue weighted by atomic mass is 32.1. The van der Waals surface area contributed by atoms with E-state index >= 15 is 0 Å². The van der Waals surface area contributed by atoms with Crippen molar-refractivity contribution in [2.24, 2.45) is 5.92 Å². The van der Waals surface area contributed by atoms with E-state index in [-0.39, 0.29) is 11.8 Å². The van der Waals surface area contributed by atoms with Gasteiger partial charge in [-0.25, -0.2) is 0 Å². The van der Waals surface area contributed by atoms with Gasteiger partial charge in [0.15, 0.2) is 0 Å². The smallest absolute Gasteiger partial charge is 0.257 e. The molecule has 2 amide bonds. The monoisotopic (exact) mass is 439 g/mol. The van der Waals surface area contributed by atoms with Crippen LogP contribution in [0.25, 0.3) is 5.00 Å². The molecule has 4 heterocycles. The number of piperidine rings is 1. The van der Waals surface area contributed by atoms with Crippen molar-refractivity contribution in [3.63, 3.8) is 0 Å². The van der Waals surface area contributed by atoms with E-state index in [1.54, 1.807) is 11.3 Å². The molecule has 0 saturated carbocycles. The van der Waals surface area contributed by atoms with Gasteiger partial charge in [0.05, 0.1) is 5.56 Å². The predicted octanol–water partition coefficient (Wildman–Crippen LogP) is 4.67. The molecule has 31 heavy (non-hydrogen) atoms. The van der Waals surface area contributed by atoms with Crippen molar-refractivity contribution >= 4 is 23.2 Å². The standard InChI is InChI=1S/C25H33N3O2S/c29-23(26-13-5-1-2-6-14-26)19-11-17-27(18-12-19)24(30)22-20-9-3-4-10-21(20)31-25(22)28-15-7-8-16-28/h7-8,15-16,19H,1-6,9-14,17-18H2. The van der Waals surface area contributed by atoms with Gasteiger partial charge in [-0.15, -0.1) is 11.3 Å². The van der Waals surface area contributed by atoms with Crippen molar-refractivity contribution < 1.29 is 9.59 Å². The summed E-state index contributed by atoms with van der Waals surface area (Å²) in [6.07, 6.45) is 14.9. The van der Waals surface area contributed by atoms with Crippen LogP contribution in [0.1, 0.15) is 72.2 Å². The van der Waals surface area contributed by atoms with Gasteiger partial charge in [-0.05, 0) is 69.1 Å². The van der Waals surface area contributed by atoms with Crippen molar-refractivity contribution in [3.05, 3.63) is 40.5 Å². The molecule has 5 rings (SSSR count). The summed E-state index contributed by atoms with van der Waals surface area (Å²) in [6.45, 7) is 3.22. The van der Waals surface area contributed by atoms with E-state index in [4.69, 9.17) is 0 Å². The Hall–Kier alpha value is -2.08. The zero-order valence-electron chi connectivity index (χ0n) is 18.4. The zero-order chi connectivity index (χ0) is 21.2. The predicted molar refractivity (Wildman–Crippen MR) is 124 cm³/mol. The fourth-order valence-electron chi connectivity index (χ4n) is 5.46. The average Bonchev–Trinajstić information content (AvgIpc) is 3.39. The van der Waals surface area contributed by atoms with Crippen molar-refractivity contribution in [1.82, 2.24) is 14.4 Å². The largest absolute Gasteiger partial charge is 0.342 e. The molecule has 0 spiro atoms. The molecule has 3 aliphatic rings. The molecule has 0 radical (unpaired) electrons. The number of thiophene rings is 1. The SMILES string of the molecule is O=C(c1c(-n2cccc2)sc2c1CCCC2)N1CCC(C(=O)N2CCCCCC2)CC1. The van der Waals surface area contributed by atoms with Gasteiger partial charge in [-0.3, -0.25) is 9.59 Å². The van der Waals surface area contributed by atoms with E-state index in [9.17, 15) is 9.59 Å². The molecule has 0 bridgehead atoms. The van der Waals surface area contributed by atoms with E-state index < -0.39 is 0 Å². The molecule has 0 N–H and O–H groups in total. The minimum Gasteiger partial charge on any atom is -0.342 e. The molecule has 5 nitrogen and oxygen atoms in total. The third-order valence-electron chi connectivity index (χ3n) is 7.25. The minimum absolute atomic E-state index is 0.0856. The van der Waals surface area contributed by atoms with Crippen LogP contribution in [0, 0.1) is 5.92 Å². The lowest BCUT2D eigenvalue weighted by Gasteiger charge is -2.34. The second-order valence-corrected chi connectivity index (χ2v) is 10.4. The lowest BCUT2D eigenvalue weighted by Crippen LogP contribution is -2.45. The molecule has 166 valence electrons. The van der Waals surface area contributed by atoms with E-state index in [1.165, 1.54) is 36.1 Å². The maximum absolute atomic E-state index is 13.7. The molecular weight excluding hydrogens is 406 g/mol. The number of likely N-dealkylation sites (tertiary alicyclic amines) is 2. The van der Waals surface area contributed by atoms with Crippen molar-refractivity contribution in [1.29, 1.82) is 0 Å². The maximum Gasteiger partial charge on any atom is 0.257 e. The first-order valence-electron chi connectivity index (χ1n) is 12.1. The molecule has 0 aromatic carbocycles. The summed E-state index contributed by atoms with van der Waals surface area (Å²) < 4.78 is 2.10. The number of rotatable bonds is 3. The van der Waals surface area contributed by atoms with Gasteiger partial charge >= 0.3 is 0 Å². The van der Waals surface area contributed by atoms with E-state index in [1.807, 2.05) is 29.4 Å². The summed E-state index contributed by atoms with van der Waals surface area (Å²) in [7, 11) is 0. The van der Waals surface area contributed by atoms with Gasteiger partial charge in [0.25, 0.3) is 5.91 Å². The molecule has 2 aromatic rings. The summed E-state index contributed by atoms with van der Waals surface area (Å²) in [5, 5.41) is 1.07. The fourth-order valence-corrected chi connectivity index (χ4v) is 6.81. The van der Waals surface area contributed by atoms with Crippen LogP contribution in [0.15, 0.2) is 24.5 Å². The topological polar surface area (TPSA) is 45.6 Å². The van der Waals surface area contributed by atoms with Gasteiger partial charge in [0.1, 0.15) is 5.00 Å². The molecule has 6 heteroatoms. The van der Waals surface area contributed by atoms with Crippen LogP contribution in [0.3, 0.4) is 0 Å². The molecule has 2 aromatic heterocycles. The summed E-state index contributed by atoms with van der Waals surface area (Å²) in [4.78, 5) is 32.2. The second-order valence-electron chi connectivity index (χ2n) is 9.29.